The van der Waals surface area contributed by atoms with Crippen LogP contribution in [0.25, 0.3) is 5.52 Å². The first kappa shape index (κ1) is 13.1. The summed E-state index contributed by atoms with van der Waals surface area (Å²) in [6, 6.07) is 5.89. The molecule has 1 aliphatic heterocycles. The predicted molar refractivity (Wildman–Crippen MR) is 77.5 cm³/mol. The summed E-state index contributed by atoms with van der Waals surface area (Å²) in [5, 5.41) is 4.23. The van der Waals surface area contributed by atoms with E-state index in [1.807, 2.05) is 29.3 Å². The lowest BCUT2D eigenvalue weighted by Gasteiger charge is -2.42. The predicted octanol–water partition coefficient (Wildman–Crippen LogP) is 1.53. The fourth-order valence-corrected chi connectivity index (χ4v) is 2.82. The summed E-state index contributed by atoms with van der Waals surface area (Å²) in [6.07, 6.45) is 4.35. The third-order valence-electron chi connectivity index (χ3n) is 4.26. The molecule has 20 heavy (non-hydrogen) atoms. The Labute approximate surface area is 118 Å². The molecule has 106 valence electrons. The Kier molecular flexibility index (Phi) is 3.01. The molecule has 0 saturated carbocycles. The van der Waals surface area contributed by atoms with Crippen LogP contribution < -0.4 is 5.73 Å². The summed E-state index contributed by atoms with van der Waals surface area (Å²) in [4.78, 5) is 14.6. The van der Waals surface area contributed by atoms with E-state index in [1.165, 1.54) is 0 Å². The lowest BCUT2D eigenvalue weighted by atomic mass is 9.79. The lowest BCUT2D eigenvalue weighted by Crippen LogP contribution is -2.53. The largest absolute Gasteiger partial charge is 0.338 e. The van der Waals surface area contributed by atoms with Crippen LogP contribution in [-0.4, -0.2) is 39.6 Å². The van der Waals surface area contributed by atoms with E-state index >= 15 is 0 Å². The lowest BCUT2D eigenvalue weighted by molar-refractivity contribution is 0.0535. The minimum Gasteiger partial charge on any atom is -0.338 e. The van der Waals surface area contributed by atoms with Crippen molar-refractivity contribution in [2.24, 2.45) is 11.1 Å². The number of amides is 1. The summed E-state index contributed by atoms with van der Waals surface area (Å²) in [5.74, 6) is 0.0474. The first-order valence-electron chi connectivity index (χ1n) is 6.96. The van der Waals surface area contributed by atoms with Crippen molar-refractivity contribution in [3.8, 4) is 0 Å². The maximum Gasteiger partial charge on any atom is 0.257 e. The quantitative estimate of drug-likeness (QED) is 0.856. The van der Waals surface area contributed by atoms with E-state index in [-0.39, 0.29) is 17.4 Å². The molecule has 1 atom stereocenters. The Morgan fingerprint density at radius 3 is 3.00 bits per heavy atom. The fraction of sp³-hybridized carbons (Fsp3) is 0.467. The van der Waals surface area contributed by atoms with Gasteiger partial charge in [0, 0.05) is 25.3 Å². The van der Waals surface area contributed by atoms with Gasteiger partial charge in [0.1, 0.15) is 0 Å². The van der Waals surface area contributed by atoms with Crippen LogP contribution in [-0.2, 0) is 0 Å². The highest BCUT2D eigenvalue weighted by Gasteiger charge is 2.36. The number of carbonyl (C=O) groups is 1. The molecule has 1 saturated heterocycles. The molecule has 2 N–H and O–H groups in total. The molecule has 5 nitrogen and oxygen atoms in total. The third kappa shape index (κ3) is 2.08. The number of hydrogen-bond acceptors (Lipinski definition) is 3. The maximum atomic E-state index is 12.7. The van der Waals surface area contributed by atoms with Crippen LogP contribution in [0.4, 0.5) is 0 Å². The molecule has 1 unspecified atom stereocenters. The average molecular weight is 272 g/mol. The molecule has 0 aromatic carbocycles. The van der Waals surface area contributed by atoms with Crippen molar-refractivity contribution < 1.29 is 4.79 Å². The summed E-state index contributed by atoms with van der Waals surface area (Å²) in [5.41, 5.74) is 7.60. The van der Waals surface area contributed by atoms with Gasteiger partial charge in [0.15, 0.2) is 0 Å². The van der Waals surface area contributed by atoms with Crippen molar-refractivity contribution in [1.29, 1.82) is 0 Å². The van der Waals surface area contributed by atoms with E-state index in [9.17, 15) is 4.79 Å². The zero-order valence-corrected chi connectivity index (χ0v) is 11.9. The van der Waals surface area contributed by atoms with Crippen LogP contribution in [0.15, 0.2) is 30.6 Å². The number of aromatic nitrogens is 2. The monoisotopic (exact) mass is 272 g/mol. The maximum absolute atomic E-state index is 12.7. The highest BCUT2D eigenvalue weighted by molar-refractivity contribution is 6.00. The molecule has 2 aromatic heterocycles. The minimum absolute atomic E-state index is 0.0448. The second-order valence-corrected chi connectivity index (χ2v) is 6.20. The molecular formula is C15H20N4O. The van der Waals surface area contributed by atoms with E-state index < -0.39 is 0 Å². The number of fused-ring (bicyclic) bond motifs is 1. The van der Waals surface area contributed by atoms with Crippen LogP contribution in [0, 0.1) is 5.41 Å². The Bertz CT molecular complexity index is 646. The number of carbonyl (C=O) groups excluding carboxylic acids is 1. The molecule has 1 aliphatic rings. The number of nitrogens with zero attached hydrogens (tertiary/aromatic N) is 3. The summed E-state index contributed by atoms with van der Waals surface area (Å²) >= 11 is 0. The first-order chi connectivity index (χ1) is 9.49. The molecule has 5 heteroatoms. The average Bonchev–Trinajstić information content (AvgIpc) is 2.85. The Morgan fingerprint density at radius 2 is 2.25 bits per heavy atom. The Hall–Kier alpha value is -1.88. The molecule has 1 fully saturated rings. The van der Waals surface area contributed by atoms with Gasteiger partial charge >= 0.3 is 0 Å². The van der Waals surface area contributed by atoms with Gasteiger partial charge < -0.3 is 10.6 Å². The van der Waals surface area contributed by atoms with Gasteiger partial charge in [-0.05, 0) is 24.0 Å². The van der Waals surface area contributed by atoms with Crippen LogP contribution in [0.1, 0.15) is 30.6 Å². The molecule has 1 amide bonds. The highest BCUT2D eigenvalue weighted by Crippen LogP contribution is 2.29. The van der Waals surface area contributed by atoms with Gasteiger partial charge in [-0.15, -0.1) is 0 Å². The smallest absolute Gasteiger partial charge is 0.257 e. The third-order valence-corrected chi connectivity index (χ3v) is 4.26. The molecule has 0 radical (unpaired) electrons. The van der Waals surface area contributed by atoms with Gasteiger partial charge in [0.05, 0.1) is 17.3 Å². The van der Waals surface area contributed by atoms with Crippen molar-refractivity contribution in [3.63, 3.8) is 0 Å². The molecule has 0 aliphatic carbocycles. The van der Waals surface area contributed by atoms with E-state index in [0.717, 1.165) is 11.9 Å². The Balaban J connectivity index is 1.90. The topological polar surface area (TPSA) is 63.6 Å². The highest BCUT2D eigenvalue weighted by atomic mass is 16.2. The van der Waals surface area contributed by atoms with Crippen molar-refractivity contribution in [1.82, 2.24) is 14.5 Å². The summed E-state index contributed by atoms with van der Waals surface area (Å²) < 4.78 is 1.73. The van der Waals surface area contributed by atoms with E-state index in [0.29, 0.717) is 18.7 Å². The number of nitrogens with two attached hydrogens (primary N) is 1. The summed E-state index contributed by atoms with van der Waals surface area (Å²) in [7, 11) is 0. The fourth-order valence-electron chi connectivity index (χ4n) is 2.82. The van der Waals surface area contributed by atoms with Crippen LogP contribution in [0.5, 0.6) is 0 Å². The van der Waals surface area contributed by atoms with E-state index in [4.69, 9.17) is 5.73 Å². The van der Waals surface area contributed by atoms with Gasteiger partial charge in [0.25, 0.3) is 5.91 Å². The zero-order valence-electron chi connectivity index (χ0n) is 11.9. The number of hydrogen-bond donors (Lipinski definition) is 1. The van der Waals surface area contributed by atoms with Crippen LogP contribution in [0.2, 0.25) is 0 Å². The van der Waals surface area contributed by atoms with Gasteiger partial charge in [-0.2, -0.15) is 5.10 Å². The Morgan fingerprint density at radius 1 is 1.45 bits per heavy atom. The molecule has 2 aromatic rings. The van der Waals surface area contributed by atoms with Gasteiger partial charge in [-0.25, -0.2) is 4.52 Å². The number of piperidine rings is 1. The summed E-state index contributed by atoms with van der Waals surface area (Å²) in [6.45, 7) is 5.64. The van der Waals surface area contributed by atoms with Gasteiger partial charge in [0.2, 0.25) is 0 Å². The molecule has 0 spiro atoms. The van der Waals surface area contributed by atoms with Gasteiger partial charge in [-0.1, -0.05) is 19.9 Å². The molecule has 0 bridgehead atoms. The minimum atomic E-state index is -0.0448. The standard InChI is InChI=1S/C15H20N4O/c1-15(2)10-18(8-6-13(15)16)14(20)11-9-17-19-7-4-3-5-12(11)19/h3-5,7,9,13H,6,8,10,16H2,1-2H3. The van der Waals surface area contributed by atoms with Crippen molar-refractivity contribution >= 4 is 11.4 Å². The van der Waals surface area contributed by atoms with E-state index in [1.54, 1.807) is 10.7 Å². The molecule has 3 heterocycles. The normalized spacial score (nSPS) is 22.1. The number of pyridine rings is 1. The van der Waals surface area contributed by atoms with Crippen LogP contribution in [0.3, 0.4) is 0 Å². The second-order valence-electron chi connectivity index (χ2n) is 6.20. The SMILES string of the molecule is CC1(C)CN(C(=O)c2cnn3ccccc23)CCC1N. The first-order valence-corrected chi connectivity index (χ1v) is 6.96. The van der Waals surface area contributed by atoms with E-state index in [2.05, 4.69) is 18.9 Å². The van der Waals surface area contributed by atoms with Gasteiger partial charge in [-0.3, -0.25) is 4.79 Å². The zero-order chi connectivity index (χ0) is 14.3. The molecular weight excluding hydrogens is 252 g/mol. The van der Waals surface area contributed by atoms with Crippen molar-refractivity contribution in [2.45, 2.75) is 26.3 Å². The van der Waals surface area contributed by atoms with Crippen molar-refractivity contribution in [2.75, 3.05) is 13.1 Å². The van der Waals surface area contributed by atoms with Crippen LogP contribution >= 0.6 is 0 Å². The number of rotatable bonds is 1. The second kappa shape index (κ2) is 4.59. The molecule has 3 rings (SSSR count). The number of likely N-dealkylation sites (tertiary alicyclic amines) is 1. The van der Waals surface area contributed by atoms with Crippen molar-refractivity contribution in [3.05, 3.63) is 36.2 Å².